The lowest BCUT2D eigenvalue weighted by atomic mass is 10.1. The number of hydrogen-bond acceptors (Lipinski definition) is 4. The van der Waals surface area contributed by atoms with Crippen LogP contribution in [0.2, 0.25) is 5.02 Å². The highest BCUT2D eigenvalue weighted by atomic mass is 35.5. The predicted octanol–water partition coefficient (Wildman–Crippen LogP) is 5.51. The van der Waals surface area contributed by atoms with Gasteiger partial charge < -0.3 is 9.15 Å². The minimum Gasteiger partial charge on any atom is -0.478 e. The van der Waals surface area contributed by atoms with Crippen molar-refractivity contribution < 1.29 is 18.3 Å². The van der Waals surface area contributed by atoms with E-state index in [1.165, 1.54) is 24.3 Å². The second-order valence-electron chi connectivity index (χ2n) is 6.31. The summed E-state index contributed by atoms with van der Waals surface area (Å²) in [6.07, 6.45) is 0. The Hall–Kier alpha value is -3.44. The van der Waals surface area contributed by atoms with E-state index in [9.17, 15) is 14.0 Å². The molecule has 0 bridgehead atoms. The van der Waals surface area contributed by atoms with Gasteiger partial charge in [-0.3, -0.25) is 9.59 Å². The van der Waals surface area contributed by atoms with Crippen molar-refractivity contribution in [2.75, 3.05) is 6.61 Å². The van der Waals surface area contributed by atoms with Gasteiger partial charge in [-0.1, -0.05) is 23.7 Å². The molecule has 6 heteroatoms. The summed E-state index contributed by atoms with van der Waals surface area (Å²) in [5, 5.41) is 0.875. The molecule has 0 aliphatic carbocycles. The van der Waals surface area contributed by atoms with Crippen molar-refractivity contribution in [1.82, 2.24) is 0 Å². The molecule has 0 spiro atoms. The molecule has 0 N–H and O–H groups in total. The van der Waals surface area contributed by atoms with E-state index < -0.39 is 12.4 Å². The van der Waals surface area contributed by atoms with Crippen LogP contribution < -0.4 is 10.2 Å². The van der Waals surface area contributed by atoms with Crippen molar-refractivity contribution in [3.05, 3.63) is 99.4 Å². The first-order valence-electron chi connectivity index (χ1n) is 8.76. The summed E-state index contributed by atoms with van der Waals surface area (Å²) in [6, 6.07) is 18.6. The Balaban J connectivity index is 1.75. The van der Waals surface area contributed by atoms with E-state index in [0.717, 1.165) is 0 Å². The molecule has 0 aliphatic heterocycles. The molecular formula is C23H14ClFO4. The van der Waals surface area contributed by atoms with E-state index in [-0.39, 0.29) is 28.3 Å². The number of benzene rings is 3. The van der Waals surface area contributed by atoms with Crippen molar-refractivity contribution >= 4 is 28.4 Å². The SMILES string of the molecule is O=C(COc1c(-c2ccc(Cl)cc2)oc2ccccc2c1=O)c1ccc(F)cc1. The van der Waals surface area contributed by atoms with Gasteiger partial charge in [0.05, 0.1) is 5.39 Å². The molecule has 0 aliphatic rings. The zero-order chi connectivity index (χ0) is 20.4. The monoisotopic (exact) mass is 408 g/mol. The van der Waals surface area contributed by atoms with E-state index in [0.29, 0.717) is 21.6 Å². The number of halogens is 2. The van der Waals surface area contributed by atoms with Crippen LogP contribution in [0.1, 0.15) is 10.4 Å². The van der Waals surface area contributed by atoms with E-state index in [1.54, 1.807) is 48.5 Å². The molecule has 1 heterocycles. The Kier molecular flexibility index (Phi) is 5.14. The quantitative estimate of drug-likeness (QED) is 0.408. The minimum atomic E-state index is -0.442. The normalized spacial score (nSPS) is 10.8. The molecule has 4 rings (SSSR count). The van der Waals surface area contributed by atoms with Crippen LogP contribution in [0.15, 0.2) is 82.0 Å². The Bertz CT molecular complexity index is 1240. The second-order valence-corrected chi connectivity index (χ2v) is 6.75. The molecular weight excluding hydrogens is 395 g/mol. The van der Waals surface area contributed by atoms with Gasteiger partial charge in [-0.05, 0) is 60.7 Å². The highest BCUT2D eigenvalue weighted by Gasteiger charge is 2.19. The number of ether oxygens (including phenoxy) is 1. The maximum Gasteiger partial charge on any atom is 0.235 e. The van der Waals surface area contributed by atoms with E-state index in [2.05, 4.69) is 0 Å². The Morgan fingerprint density at radius 3 is 2.38 bits per heavy atom. The second kappa shape index (κ2) is 7.89. The first-order chi connectivity index (χ1) is 14.0. The highest BCUT2D eigenvalue weighted by molar-refractivity contribution is 6.30. The number of hydrogen-bond donors (Lipinski definition) is 0. The average Bonchev–Trinajstić information content (AvgIpc) is 2.74. The molecule has 0 saturated heterocycles. The third-order valence-electron chi connectivity index (χ3n) is 4.38. The number of carbonyl (C=O) groups excluding carboxylic acids is 1. The van der Waals surface area contributed by atoms with Crippen LogP contribution >= 0.6 is 11.6 Å². The van der Waals surface area contributed by atoms with Crippen LogP contribution in [-0.2, 0) is 0 Å². The van der Waals surface area contributed by atoms with E-state index in [1.807, 2.05) is 0 Å². The third kappa shape index (κ3) is 3.91. The topological polar surface area (TPSA) is 56.5 Å². The molecule has 4 nitrogen and oxygen atoms in total. The first-order valence-corrected chi connectivity index (χ1v) is 9.14. The highest BCUT2D eigenvalue weighted by Crippen LogP contribution is 2.31. The number of Topliss-reactive ketones (excluding diaryl/α,β-unsaturated/α-hetero) is 1. The molecule has 3 aromatic carbocycles. The van der Waals surface area contributed by atoms with Crippen LogP contribution in [0, 0.1) is 5.82 Å². The van der Waals surface area contributed by atoms with Crippen LogP contribution in [0.25, 0.3) is 22.3 Å². The van der Waals surface area contributed by atoms with Gasteiger partial charge in [0.2, 0.25) is 11.2 Å². The molecule has 0 unspecified atom stereocenters. The smallest absolute Gasteiger partial charge is 0.235 e. The summed E-state index contributed by atoms with van der Waals surface area (Å²) in [6.45, 7) is -0.394. The summed E-state index contributed by atoms with van der Waals surface area (Å²) in [4.78, 5) is 25.4. The summed E-state index contributed by atoms with van der Waals surface area (Å²) in [5.41, 5.74) is 0.884. The van der Waals surface area contributed by atoms with Gasteiger partial charge in [-0.15, -0.1) is 0 Å². The molecule has 0 fully saturated rings. The van der Waals surface area contributed by atoms with Crippen LogP contribution in [-0.4, -0.2) is 12.4 Å². The van der Waals surface area contributed by atoms with Crippen molar-refractivity contribution in [2.24, 2.45) is 0 Å². The fourth-order valence-electron chi connectivity index (χ4n) is 2.90. The number of fused-ring (bicyclic) bond motifs is 1. The van der Waals surface area contributed by atoms with Gasteiger partial charge in [0, 0.05) is 16.1 Å². The molecule has 144 valence electrons. The zero-order valence-electron chi connectivity index (χ0n) is 15.0. The maximum atomic E-state index is 13.1. The van der Waals surface area contributed by atoms with Gasteiger partial charge in [-0.25, -0.2) is 4.39 Å². The summed E-state index contributed by atoms with van der Waals surface area (Å²) in [7, 11) is 0. The molecule has 0 radical (unpaired) electrons. The fourth-order valence-corrected chi connectivity index (χ4v) is 3.03. The van der Waals surface area contributed by atoms with E-state index in [4.69, 9.17) is 20.8 Å². The van der Waals surface area contributed by atoms with Crippen molar-refractivity contribution in [3.63, 3.8) is 0 Å². The van der Waals surface area contributed by atoms with Crippen molar-refractivity contribution in [1.29, 1.82) is 0 Å². The van der Waals surface area contributed by atoms with Crippen molar-refractivity contribution in [2.45, 2.75) is 0 Å². The predicted molar refractivity (Wildman–Crippen MR) is 109 cm³/mol. The largest absolute Gasteiger partial charge is 0.478 e. The van der Waals surface area contributed by atoms with Gasteiger partial charge in [0.1, 0.15) is 11.4 Å². The Labute approximate surface area is 170 Å². The van der Waals surface area contributed by atoms with Gasteiger partial charge in [0.15, 0.2) is 18.2 Å². The van der Waals surface area contributed by atoms with Gasteiger partial charge >= 0.3 is 0 Å². The van der Waals surface area contributed by atoms with Gasteiger partial charge in [-0.2, -0.15) is 0 Å². The molecule has 1 aromatic heterocycles. The first kappa shape index (κ1) is 18.9. The number of para-hydroxylation sites is 1. The van der Waals surface area contributed by atoms with Crippen LogP contribution in [0.3, 0.4) is 0 Å². The minimum absolute atomic E-state index is 0.0681. The number of ketones is 1. The third-order valence-corrected chi connectivity index (χ3v) is 4.63. The Morgan fingerprint density at radius 2 is 1.66 bits per heavy atom. The van der Waals surface area contributed by atoms with Crippen LogP contribution in [0.4, 0.5) is 4.39 Å². The standard InChI is InChI=1S/C23H14ClFO4/c24-16-9-5-15(6-10-16)22-23(21(27)18-3-1-2-4-20(18)29-22)28-13-19(26)14-7-11-17(25)12-8-14/h1-12H,13H2. The lowest BCUT2D eigenvalue weighted by Gasteiger charge is -2.11. The average molecular weight is 409 g/mol. The Morgan fingerprint density at radius 1 is 0.966 bits per heavy atom. The molecule has 0 atom stereocenters. The summed E-state index contributed by atoms with van der Waals surface area (Å²) >= 11 is 5.95. The van der Waals surface area contributed by atoms with Crippen LogP contribution in [0.5, 0.6) is 5.75 Å². The zero-order valence-corrected chi connectivity index (χ0v) is 15.8. The molecule has 0 amide bonds. The lowest BCUT2D eigenvalue weighted by Crippen LogP contribution is -2.17. The van der Waals surface area contributed by atoms with Crippen molar-refractivity contribution in [3.8, 4) is 17.1 Å². The number of rotatable bonds is 5. The maximum absolute atomic E-state index is 13.1. The van der Waals surface area contributed by atoms with Gasteiger partial charge in [0.25, 0.3) is 0 Å². The molecule has 29 heavy (non-hydrogen) atoms. The summed E-state index contributed by atoms with van der Waals surface area (Å²) in [5.74, 6) is -0.693. The number of carbonyl (C=O) groups is 1. The fraction of sp³-hybridized carbons (Fsp3) is 0.0435. The summed E-state index contributed by atoms with van der Waals surface area (Å²) < 4.78 is 24.6. The molecule has 0 saturated carbocycles. The lowest BCUT2D eigenvalue weighted by molar-refractivity contribution is 0.0920. The molecule has 4 aromatic rings. The van der Waals surface area contributed by atoms with E-state index >= 15 is 0 Å².